The highest BCUT2D eigenvalue weighted by Gasteiger charge is 2.34. The van der Waals surface area contributed by atoms with Crippen LogP contribution in [0, 0.1) is 22.3 Å². The van der Waals surface area contributed by atoms with Crippen molar-refractivity contribution in [3.63, 3.8) is 0 Å². The average Bonchev–Trinajstić information content (AvgIpc) is 2.99. The number of fused-ring (bicyclic) bond motifs is 1. The van der Waals surface area contributed by atoms with E-state index in [-0.39, 0.29) is 11.7 Å². The van der Waals surface area contributed by atoms with Crippen LogP contribution >= 0.6 is 0 Å². The number of carbonyl (C=O) groups excluding carboxylic acids is 1. The van der Waals surface area contributed by atoms with Crippen molar-refractivity contribution in [2.75, 3.05) is 5.32 Å². The summed E-state index contributed by atoms with van der Waals surface area (Å²) in [5, 5.41) is 2.58. The summed E-state index contributed by atoms with van der Waals surface area (Å²) in [5.41, 5.74) is 1.01. The second-order valence-corrected chi connectivity index (χ2v) is 10.0. The SMILES string of the molecule is Cn1cc2c(c1C(=O)Nc1ccc(F)c(F)c1)CCC(C1CCCCC1)NS2(=N)=O. The number of hydrogen-bond acceptors (Lipinski definition) is 3. The van der Waals surface area contributed by atoms with Crippen molar-refractivity contribution in [1.82, 2.24) is 9.29 Å². The Bertz CT molecular complexity index is 1070. The number of nitrogens with one attached hydrogen (secondary N) is 3. The van der Waals surface area contributed by atoms with Crippen LogP contribution in [0.5, 0.6) is 0 Å². The summed E-state index contributed by atoms with van der Waals surface area (Å²) in [4.78, 5) is 13.3. The molecule has 1 fully saturated rings. The van der Waals surface area contributed by atoms with Crippen molar-refractivity contribution < 1.29 is 17.8 Å². The van der Waals surface area contributed by atoms with Gasteiger partial charge in [0.15, 0.2) is 11.6 Å². The van der Waals surface area contributed by atoms with Gasteiger partial charge in [-0.05, 0) is 43.7 Å². The van der Waals surface area contributed by atoms with E-state index in [1.165, 1.54) is 12.5 Å². The van der Waals surface area contributed by atoms with Crippen molar-refractivity contribution in [2.45, 2.75) is 55.9 Å². The third-order valence-corrected chi connectivity index (χ3v) is 7.80. The number of aromatic nitrogens is 1. The zero-order chi connectivity index (χ0) is 21.5. The molecule has 162 valence electrons. The number of carbonyl (C=O) groups is 1. The Balaban J connectivity index is 1.62. The minimum atomic E-state index is -3.26. The van der Waals surface area contributed by atoms with Crippen LogP contribution in [-0.2, 0) is 23.4 Å². The quantitative estimate of drug-likeness (QED) is 0.668. The molecule has 6 nitrogen and oxygen atoms in total. The largest absolute Gasteiger partial charge is 0.345 e. The topological polar surface area (TPSA) is 87.0 Å². The predicted molar refractivity (Wildman–Crippen MR) is 111 cm³/mol. The average molecular weight is 437 g/mol. The number of nitrogens with zero attached hydrogens (tertiary/aromatic N) is 1. The van der Waals surface area contributed by atoms with Crippen molar-refractivity contribution in [3.8, 4) is 0 Å². The Labute approximate surface area is 175 Å². The van der Waals surface area contributed by atoms with Crippen LogP contribution in [0.15, 0.2) is 29.3 Å². The summed E-state index contributed by atoms with van der Waals surface area (Å²) in [7, 11) is -1.60. The molecule has 1 saturated carbocycles. The highest BCUT2D eigenvalue weighted by atomic mass is 32.2. The molecule has 0 saturated heterocycles. The van der Waals surface area contributed by atoms with Crippen molar-refractivity contribution >= 4 is 21.5 Å². The molecule has 3 N–H and O–H groups in total. The van der Waals surface area contributed by atoms with Gasteiger partial charge in [-0.25, -0.2) is 22.5 Å². The molecule has 4 rings (SSSR count). The molecule has 2 unspecified atom stereocenters. The molecule has 2 aromatic rings. The lowest BCUT2D eigenvalue weighted by Gasteiger charge is -2.30. The molecule has 1 aliphatic heterocycles. The number of anilines is 1. The molecular weight excluding hydrogens is 410 g/mol. The molecule has 1 aromatic carbocycles. The minimum Gasteiger partial charge on any atom is -0.345 e. The summed E-state index contributed by atoms with van der Waals surface area (Å²) in [6.07, 6.45) is 8.44. The molecule has 2 heterocycles. The zero-order valence-electron chi connectivity index (χ0n) is 16.8. The van der Waals surface area contributed by atoms with Gasteiger partial charge >= 0.3 is 0 Å². The third kappa shape index (κ3) is 4.00. The predicted octanol–water partition coefficient (Wildman–Crippen LogP) is 4.36. The van der Waals surface area contributed by atoms with Crippen LogP contribution in [0.25, 0.3) is 0 Å². The maximum Gasteiger partial charge on any atom is 0.272 e. The molecule has 2 atom stereocenters. The number of benzene rings is 1. The number of rotatable bonds is 3. The van der Waals surface area contributed by atoms with Gasteiger partial charge in [0, 0.05) is 36.6 Å². The summed E-state index contributed by atoms with van der Waals surface area (Å²) < 4.78 is 53.1. The highest BCUT2D eigenvalue weighted by molar-refractivity contribution is 7.90. The van der Waals surface area contributed by atoms with Gasteiger partial charge in [0.25, 0.3) is 5.91 Å². The molecule has 0 radical (unpaired) electrons. The third-order valence-electron chi connectivity index (χ3n) is 6.19. The summed E-state index contributed by atoms with van der Waals surface area (Å²) in [6.45, 7) is 0. The van der Waals surface area contributed by atoms with Crippen molar-refractivity contribution in [1.29, 1.82) is 4.78 Å². The van der Waals surface area contributed by atoms with E-state index >= 15 is 0 Å². The first kappa shape index (κ1) is 21.0. The minimum absolute atomic E-state index is 0.0184. The van der Waals surface area contributed by atoms with Crippen LogP contribution < -0.4 is 10.0 Å². The first-order chi connectivity index (χ1) is 14.3. The molecular formula is C21H26F2N4O2S. The van der Waals surface area contributed by atoms with E-state index in [2.05, 4.69) is 10.0 Å². The van der Waals surface area contributed by atoms with Crippen molar-refractivity contribution in [2.24, 2.45) is 13.0 Å². The van der Waals surface area contributed by atoms with Crippen LogP contribution in [0.3, 0.4) is 0 Å². The Morgan fingerprint density at radius 3 is 2.63 bits per heavy atom. The monoisotopic (exact) mass is 436 g/mol. The smallest absolute Gasteiger partial charge is 0.272 e. The van der Waals surface area contributed by atoms with Gasteiger partial charge in [0.05, 0.1) is 4.90 Å². The van der Waals surface area contributed by atoms with E-state index in [0.29, 0.717) is 34.9 Å². The molecule has 1 amide bonds. The lowest BCUT2D eigenvalue weighted by atomic mass is 9.82. The second-order valence-electron chi connectivity index (χ2n) is 8.23. The number of aryl methyl sites for hydroxylation is 1. The molecule has 0 spiro atoms. The summed E-state index contributed by atoms with van der Waals surface area (Å²) >= 11 is 0. The molecule has 2 aliphatic rings. The van der Waals surface area contributed by atoms with Crippen molar-refractivity contribution in [3.05, 3.63) is 47.3 Å². The Kier molecular flexibility index (Phi) is 5.67. The second kappa shape index (κ2) is 8.11. The van der Waals surface area contributed by atoms with Crippen LogP contribution in [0.1, 0.15) is 54.6 Å². The van der Waals surface area contributed by atoms with Gasteiger partial charge in [-0.15, -0.1) is 0 Å². The highest BCUT2D eigenvalue weighted by Crippen LogP contribution is 2.34. The van der Waals surface area contributed by atoms with Gasteiger partial charge in [0.2, 0.25) is 0 Å². The van der Waals surface area contributed by atoms with E-state index in [1.54, 1.807) is 17.8 Å². The fraction of sp³-hybridized carbons (Fsp3) is 0.476. The number of amides is 1. The first-order valence-corrected chi connectivity index (χ1v) is 11.8. The van der Waals surface area contributed by atoms with Gasteiger partial charge in [-0.2, -0.15) is 0 Å². The van der Waals surface area contributed by atoms with Crippen LogP contribution in [0.2, 0.25) is 0 Å². The molecule has 1 aromatic heterocycles. The molecule has 30 heavy (non-hydrogen) atoms. The lowest BCUT2D eigenvalue weighted by Crippen LogP contribution is -2.39. The normalized spacial score (nSPS) is 24.8. The lowest BCUT2D eigenvalue weighted by molar-refractivity contribution is 0.101. The van der Waals surface area contributed by atoms with E-state index in [9.17, 15) is 17.8 Å². The maximum atomic E-state index is 13.5. The van der Waals surface area contributed by atoms with E-state index < -0.39 is 27.5 Å². The van der Waals surface area contributed by atoms with Gasteiger partial charge < -0.3 is 9.88 Å². The zero-order valence-corrected chi connectivity index (χ0v) is 17.7. The van der Waals surface area contributed by atoms with Gasteiger partial charge in [-0.1, -0.05) is 19.3 Å². The fourth-order valence-corrected chi connectivity index (χ4v) is 6.42. The fourth-order valence-electron chi connectivity index (χ4n) is 4.70. The van der Waals surface area contributed by atoms with E-state index in [0.717, 1.165) is 37.8 Å². The van der Waals surface area contributed by atoms with E-state index in [1.807, 2.05) is 0 Å². The Hall–Kier alpha value is -2.26. The standard InChI is InChI=1S/C21H26F2N4O2S/c1-27-12-19-15(20(27)21(28)25-14-7-9-16(22)17(23)11-14)8-10-18(26-30(19,24)29)13-5-3-2-4-6-13/h7,9,11-13,18H,2-6,8,10H2,1H3,(H,25,28)(H2,24,26,29). The van der Waals surface area contributed by atoms with Gasteiger partial charge in [-0.3, -0.25) is 4.79 Å². The first-order valence-electron chi connectivity index (χ1n) is 10.3. The van der Waals surface area contributed by atoms with Gasteiger partial charge in [0.1, 0.15) is 15.6 Å². The molecule has 9 heteroatoms. The summed E-state index contributed by atoms with van der Waals surface area (Å²) in [5.74, 6) is -2.15. The number of hydrogen-bond donors (Lipinski definition) is 3. The summed E-state index contributed by atoms with van der Waals surface area (Å²) in [6, 6.07) is 3.14. The molecule has 1 aliphatic carbocycles. The maximum absolute atomic E-state index is 13.5. The van der Waals surface area contributed by atoms with Crippen LogP contribution in [-0.4, -0.2) is 20.7 Å². The van der Waals surface area contributed by atoms with E-state index in [4.69, 9.17) is 4.78 Å². The molecule has 0 bridgehead atoms. The Morgan fingerprint density at radius 1 is 1.20 bits per heavy atom. The number of halogens is 2. The van der Waals surface area contributed by atoms with Crippen LogP contribution in [0.4, 0.5) is 14.5 Å². The Morgan fingerprint density at radius 2 is 1.93 bits per heavy atom.